The molecular weight excluding hydrogens is 250 g/mol. The summed E-state index contributed by atoms with van der Waals surface area (Å²) in [5.41, 5.74) is 0.285. The highest BCUT2D eigenvalue weighted by atomic mass is 16.2. The highest BCUT2D eigenvalue weighted by Crippen LogP contribution is 2.35. The summed E-state index contributed by atoms with van der Waals surface area (Å²) >= 11 is 0. The minimum atomic E-state index is -0.0504. The second-order valence-electron chi connectivity index (χ2n) is 6.81. The lowest BCUT2D eigenvalue weighted by molar-refractivity contribution is -0.133. The van der Waals surface area contributed by atoms with Crippen LogP contribution in [-0.4, -0.2) is 61.0 Å². The Kier molecular flexibility index (Phi) is 5.44. The number of nitrogens with zero attached hydrogens (tertiary/aromatic N) is 2. The number of carbonyl (C=O) groups excluding carboxylic acids is 1. The summed E-state index contributed by atoms with van der Waals surface area (Å²) in [7, 11) is 4.31. The van der Waals surface area contributed by atoms with E-state index in [1.54, 1.807) is 0 Å². The lowest BCUT2D eigenvalue weighted by Gasteiger charge is -2.48. The molecule has 2 rings (SSSR count). The monoisotopic (exact) mass is 281 g/mol. The van der Waals surface area contributed by atoms with Crippen LogP contribution in [0.4, 0.5) is 0 Å². The summed E-state index contributed by atoms with van der Waals surface area (Å²) in [6.07, 6.45) is 8.69. The molecule has 20 heavy (non-hydrogen) atoms. The standard InChI is InChI=1S/C16H31N3O/c1-14(15(20)19-11-6-4-5-7-12-19)17-13-16(18(2)3)9-8-10-16/h14,17H,4-13H2,1-3H3. The van der Waals surface area contributed by atoms with Crippen LogP contribution < -0.4 is 5.32 Å². The molecule has 1 atom stereocenters. The van der Waals surface area contributed by atoms with Crippen molar-refractivity contribution in [3.05, 3.63) is 0 Å². The Bertz CT molecular complexity index is 318. The molecule has 0 spiro atoms. The average Bonchev–Trinajstić information content (AvgIpc) is 2.64. The summed E-state index contributed by atoms with van der Waals surface area (Å²) in [4.78, 5) is 16.9. The zero-order valence-electron chi connectivity index (χ0n) is 13.5. The van der Waals surface area contributed by atoms with Gasteiger partial charge < -0.3 is 15.1 Å². The minimum absolute atomic E-state index is 0.0504. The third-order valence-corrected chi connectivity index (χ3v) is 5.26. The number of likely N-dealkylation sites (tertiary alicyclic amines) is 1. The van der Waals surface area contributed by atoms with Gasteiger partial charge in [-0.3, -0.25) is 4.79 Å². The van der Waals surface area contributed by atoms with Crippen molar-refractivity contribution < 1.29 is 4.79 Å². The summed E-state index contributed by atoms with van der Waals surface area (Å²) in [6, 6.07) is -0.0504. The number of rotatable bonds is 5. The van der Waals surface area contributed by atoms with Gasteiger partial charge >= 0.3 is 0 Å². The molecule has 0 aromatic carbocycles. The highest BCUT2D eigenvalue weighted by molar-refractivity contribution is 5.81. The third kappa shape index (κ3) is 3.53. The maximum absolute atomic E-state index is 12.5. The van der Waals surface area contributed by atoms with Crippen LogP contribution in [0.2, 0.25) is 0 Å². The molecule has 0 aromatic rings. The van der Waals surface area contributed by atoms with E-state index in [1.165, 1.54) is 44.9 Å². The predicted molar refractivity (Wildman–Crippen MR) is 82.8 cm³/mol. The van der Waals surface area contributed by atoms with Gasteiger partial charge in [-0.15, -0.1) is 0 Å². The molecule has 2 fully saturated rings. The molecule has 116 valence electrons. The molecule has 1 aliphatic heterocycles. The fourth-order valence-electron chi connectivity index (χ4n) is 3.36. The van der Waals surface area contributed by atoms with E-state index >= 15 is 0 Å². The normalized spacial score (nSPS) is 24.1. The fourth-order valence-corrected chi connectivity index (χ4v) is 3.36. The van der Waals surface area contributed by atoms with Gasteiger partial charge in [0.2, 0.25) is 5.91 Å². The Morgan fingerprint density at radius 3 is 2.20 bits per heavy atom. The van der Waals surface area contributed by atoms with E-state index < -0.39 is 0 Å². The largest absolute Gasteiger partial charge is 0.341 e. The van der Waals surface area contributed by atoms with Crippen LogP contribution in [0.5, 0.6) is 0 Å². The Morgan fingerprint density at radius 2 is 1.75 bits per heavy atom. The van der Waals surface area contributed by atoms with Gasteiger partial charge in [0.1, 0.15) is 0 Å². The van der Waals surface area contributed by atoms with Gasteiger partial charge in [0.25, 0.3) is 0 Å². The van der Waals surface area contributed by atoms with Crippen LogP contribution >= 0.6 is 0 Å². The first-order valence-electron chi connectivity index (χ1n) is 8.25. The molecule has 4 nitrogen and oxygen atoms in total. The quantitative estimate of drug-likeness (QED) is 0.835. The summed E-state index contributed by atoms with van der Waals surface area (Å²) < 4.78 is 0. The topological polar surface area (TPSA) is 35.6 Å². The van der Waals surface area contributed by atoms with Gasteiger partial charge in [-0.1, -0.05) is 12.8 Å². The Morgan fingerprint density at radius 1 is 1.15 bits per heavy atom. The van der Waals surface area contributed by atoms with E-state index in [4.69, 9.17) is 0 Å². The first-order valence-corrected chi connectivity index (χ1v) is 8.25. The van der Waals surface area contributed by atoms with Gasteiger partial charge in [0.15, 0.2) is 0 Å². The zero-order chi connectivity index (χ0) is 14.6. The fraction of sp³-hybridized carbons (Fsp3) is 0.938. The Balaban J connectivity index is 1.81. The number of hydrogen-bond acceptors (Lipinski definition) is 3. The molecule has 0 radical (unpaired) electrons. The van der Waals surface area contributed by atoms with Crippen molar-refractivity contribution in [2.45, 2.75) is 63.5 Å². The van der Waals surface area contributed by atoms with Gasteiger partial charge in [-0.2, -0.15) is 0 Å². The molecular formula is C16H31N3O. The van der Waals surface area contributed by atoms with Gasteiger partial charge in [-0.25, -0.2) is 0 Å². The number of carbonyl (C=O) groups is 1. The van der Waals surface area contributed by atoms with Gasteiger partial charge in [0, 0.05) is 25.2 Å². The van der Waals surface area contributed by atoms with E-state index in [0.29, 0.717) is 5.91 Å². The van der Waals surface area contributed by atoms with Crippen LogP contribution in [0.3, 0.4) is 0 Å². The first kappa shape index (κ1) is 15.8. The molecule has 1 amide bonds. The molecule has 2 aliphatic rings. The van der Waals surface area contributed by atoms with Crippen LogP contribution in [0, 0.1) is 0 Å². The summed E-state index contributed by atoms with van der Waals surface area (Å²) in [6.45, 7) is 4.85. The Hall–Kier alpha value is -0.610. The molecule has 1 saturated heterocycles. The van der Waals surface area contributed by atoms with Crippen molar-refractivity contribution in [2.75, 3.05) is 33.7 Å². The molecule has 1 unspecified atom stereocenters. The van der Waals surface area contributed by atoms with E-state index in [1.807, 2.05) is 6.92 Å². The SMILES string of the molecule is CC(NCC1(N(C)C)CCC1)C(=O)N1CCCCCC1. The zero-order valence-corrected chi connectivity index (χ0v) is 13.5. The number of amides is 1. The second-order valence-corrected chi connectivity index (χ2v) is 6.81. The highest BCUT2D eigenvalue weighted by Gasteiger charge is 2.39. The molecule has 0 aromatic heterocycles. The average molecular weight is 281 g/mol. The minimum Gasteiger partial charge on any atom is -0.341 e. The van der Waals surface area contributed by atoms with E-state index in [0.717, 1.165) is 19.6 Å². The number of nitrogens with one attached hydrogen (secondary N) is 1. The van der Waals surface area contributed by atoms with Gasteiger partial charge in [0.05, 0.1) is 6.04 Å². The van der Waals surface area contributed by atoms with Crippen molar-refractivity contribution in [3.63, 3.8) is 0 Å². The van der Waals surface area contributed by atoms with E-state index in [2.05, 4.69) is 29.2 Å². The third-order valence-electron chi connectivity index (χ3n) is 5.26. The van der Waals surface area contributed by atoms with Crippen molar-refractivity contribution in [2.24, 2.45) is 0 Å². The lowest BCUT2D eigenvalue weighted by atomic mass is 9.75. The van der Waals surface area contributed by atoms with Crippen LogP contribution in [0.25, 0.3) is 0 Å². The number of hydrogen-bond donors (Lipinski definition) is 1. The maximum atomic E-state index is 12.5. The van der Waals surface area contributed by atoms with Crippen LogP contribution in [0.15, 0.2) is 0 Å². The van der Waals surface area contributed by atoms with Crippen molar-refractivity contribution >= 4 is 5.91 Å². The molecule has 4 heteroatoms. The molecule has 0 bridgehead atoms. The number of likely N-dealkylation sites (N-methyl/N-ethyl adjacent to an activating group) is 1. The smallest absolute Gasteiger partial charge is 0.239 e. The van der Waals surface area contributed by atoms with Crippen LogP contribution in [-0.2, 0) is 4.79 Å². The van der Waals surface area contributed by atoms with Crippen molar-refractivity contribution in [1.82, 2.24) is 15.1 Å². The maximum Gasteiger partial charge on any atom is 0.239 e. The first-order chi connectivity index (χ1) is 9.55. The van der Waals surface area contributed by atoms with Crippen molar-refractivity contribution in [1.29, 1.82) is 0 Å². The molecule has 1 saturated carbocycles. The lowest BCUT2D eigenvalue weighted by Crippen LogP contribution is -2.59. The van der Waals surface area contributed by atoms with E-state index in [9.17, 15) is 4.79 Å². The Labute approximate surface area is 123 Å². The van der Waals surface area contributed by atoms with Gasteiger partial charge in [-0.05, 0) is 53.1 Å². The van der Waals surface area contributed by atoms with Crippen LogP contribution in [0.1, 0.15) is 51.9 Å². The van der Waals surface area contributed by atoms with E-state index in [-0.39, 0.29) is 11.6 Å². The summed E-state index contributed by atoms with van der Waals surface area (Å²) in [5, 5.41) is 3.49. The predicted octanol–water partition coefficient (Wildman–Crippen LogP) is 1.85. The molecule has 1 aliphatic carbocycles. The van der Waals surface area contributed by atoms with Crippen molar-refractivity contribution in [3.8, 4) is 0 Å². The molecule has 1 heterocycles. The summed E-state index contributed by atoms with van der Waals surface area (Å²) in [5.74, 6) is 0.292. The second kappa shape index (κ2) is 6.90. The molecule has 1 N–H and O–H groups in total.